The molecule has 0 aliphatic carbocycles. The number of carboxylic acid groups (broad SMARTS) is 2. The highest BCUT2D eigenvalue weighted by Crippen LogP contribution is 2.00. The van der Waals surface area contributed by atoms with E-state index in [0.717, 1.165) is 11.8 Å². The van der Waals surface area contributed by atoms with E-state index < -0.39 is 40.3 Å². The van der Waals surface area contributed by atoms with Crippen LogP contribution in [0.15, 0.2) is 0 Å². The van der Waals surface area contributed by atoms with Gasteiger partial charge in [0, 0.05) is 18.8 Å². The fourth-order valence-corrected chi connectivity index (χ4v) is 2.03. The zero-order valence-corrected chi connectivity index (χ0v) is 15.8. The molecule has 0 aromatic rings. The Balaban J connectivity index is -0.000000284. The Bertz CT molecular complexity index is 288. The predicted molar refractivity (Wildman–Crippen MR) is 96.5 cm³/mol. The molecule has 0 fully saturated rings. The van der Waals surface area contributed by atoms with Crippen LogP contribution < -0.4 is 17.2 Å². The topological polar surface area (TPSA) is 199 Å². The maximum absolute atomic E-state index is 10.1. The monoisotopic (exact) mass is 393 g/mol. The maximum atomic E-state index is 10.1. The second-order valence-electron chi connectivity index (χ2n) is 3.99. The van der Waals surface area contributed by atoms with Gasteiger partial charge in [0.05, 0.1) is 18.3 Å². The van der Waals surface area contributed by atoms with Gasteiger partial charge in [-0.15, -0.1) is 11.8 Å². The van der Waals surface area contributed by atoms with Crippen LogP contribution in [-0.2, 0) is 31.9 Å². The van der Waals surface area contributed by atoms with Crippen molar-refractivity contribution in [1.82, 2.24) is 0 Å². The lowest BCUT2D eigenvalue weighted by Crippen LogP contribution is -2.32. The molecular weight excluding hydrogens is 366 g/mol. The van der Waals surface area contributed by atoms with Crippen LogP contribution >= 0.6 is 11.8 Å². The summed E-state index contributed by atoms with van der Waals surface area (Å²) in [4.78, 5) is 20.0. The van der Waals surface area contributed by atoms with Crippen LogP contribution in [0.3, 0.4) is 0 Å². The van der Waals surface area contributed by atoms with E-state index in [-0.39, 0.29) is 11.5 Å². The van der Waals surface area contributed by atoms with Crippen LogP contribution in [0.5, 0.6) is 0 Å². The highest BCUT2D eigenvalue weighted by Gasteiger charge is 2.11. The smallest absolute Gasteiger partial charge is 0.321 e. The molecule has 140 valence electrons. The summed E-state index contributed by atoms with van der Waals surface area (Å²) in [7, 11) is 0. The first-order chi connectivity index (χ1) is 10.6. The average molecular weight is 394 g/mol. The molecule has 23 heavy (non-hydrogen) atoms. The van der Waals surface area contributed by atoms with E-state index >= 15 is 0 Å². The second kappa shape index (κ2) is 19.8. The Morgan fingerprint density at radius 3 is 1.65 bits per heavy atom. The molecule has 8 N–H and O–H groups in total. The number of rotatable bonds is 9. The fourth-order valence-electron chi connectivity index (χ4n) is 0.676. The molecule has 0 heterocycles. The van der Waals surface area contributed by atoms with Gasteiger partial charge in [-0.2, -0.15) is 0 Å². The minimum atomic E-state index is -1.11. The predicted octanol–water partition coefficient (Wildman–Crippen LogP) is -2.14. The highest BCUT2D eigenvalue weighted by atomic mass is 32.2. The third kappa shape index (κ3) is 34.2. The molecule has 0 spiro atoms. The summed E-state index contributed by atoms with van der Waals surface area (Å²) < 4.78 is 20.1. The van der Waals surface area contributed by atoms with Gasteiger partial charge in [0.25, 0.3) is 0 Å². The molecule has 0 aliphatic heterocycles. The van der Waals surface area contributed by atoms with E-state index in [4.69, 9.17) is 27.4 Å². The van der Waals surface area contributed by atoms with Crippen LogP contribution in [0.2, 0.25) is 0 Å². The Morgan fingerprint density at radius 2 is 1.48 bits per heavy atom. The van der Waals surface area contributed by atoms with Gasteiger partial charge in [-0.1, -0.05) is 22.4 Å². The molecule has 0 bridgehead atoms. The van der Waals surface area contributed by atoms with Crippen molar-refractivity contribution in [3.8, 4) is 0 Å². The number of carbonyl (C=O) groups is 2. The van der Waals surface area contributed by atoms with Crippen LogP contribution in [0, 0.1) is 0 Å². The van der Waals surface area contributed by atoms with E-state index in [2.05, 4.69) is 0 Å². The number of hydrogen-bond donors (Lipinski definition) is 5. The SMILES string of the molecule is C[S+]([O-])CCN.C[S+]([O-])CCN.NC(CSCC(=O)O)C(=O)O. The average Bonchev–Trinajstić information content (AvgIpc) is 2.39. The summed E-state index contributed by atoms with van der Waals surface area (Å²) in [5.74, 6) is -0.807. The van der Waals surface area contributed by atoms with Crippen molar-refractivity contribution in [1.29, 1.82) is 0 Å². The minimum Gasteiger partial charge on any atom is -0.617 e. The highest BCUT2D eigenvalue weighted by molar-refractivity contribution is 8.00. The first kappa shape index (κ1) is 27.6. The third-order valence-electron chi connectivity index (χ3n) is 1.65. The van der Waals surface area contributed by atoms with Crippen LogP contribution in [0.4, 0.5) is 0 Å². The van der Waals surface area contributed by atoms with Crippen LogP contribution in [0.25, 0.3) is 0 Å². The summed E-state index contributed by atoms with van der Waals surface area (Å²) in [6.07, 6.45) is 3.29. The number of nitrogens with two attached hydrogens (primary N) is 3. The lowest BCUT2D eigenvalue weighted by molar-refractivity contribution is -0.138. The fraction of sp³-hybridized carbons (Fsp3) is 0.818. The lowest BCUT2D eigenvalue weighted by atomic mass is 10.4. The lowest BCUT2D eigenvalue weighted by Gasteiger charge is -2.02. The summed E-state index contributed by atoms with van der Waals surface area (Å²) in [6.45, 7) is 1.06. The standard InChI is InChI=1S/C5H9NO4S.2C3H9NOS/c6-3(5(9)10)1-11-2-4(7)8;2*1-6(5)3-2-4/h3H,1-2,6H2,(H,7,8)(H,9,10);2*2-4H2,1H3. The normalized spacial score (nSPS) is 13.5. The number of hydrogen-bond acceptors (Lipinski definition) is 8. The van der Waals surface area contributed by atoms with E-state index in [1.807, 2.05) is 0 Å². The van der Waals surface area contributed by atoms with Gasteiger partial charge in [-0.05, 0) is 0 Å². The summed E-state index contributed by atoms with van der Waals surface area (Å²) >= 11 is -0.389. The van der Waals surface area contributed by atoms with Gasteiger partial charge in [0.15, 0.2) is 0 Å². The molecule has 0 rings (SSSR count). The van der Waals surface area contributed by atoms with Gasteiger partial charge >= 0.3 is 11.9 Å². The third-order valence-corrected chi connectivity index (χ3v) is 4.32. The molecule has 0 amide bonds. The molecule has 12 heteroatoms. The van der Waals surface area contributed by atoms with Crippen molar-refractivity contribution < 1.29 is 28.9 Å². The van der Waals surface area contributed by atoms with Gasteiger partial charge in [0.1, 0.15) is 17.5 Å². The zero-order valence-electron chi connectivity index (χ0n) is 13.3. The van der Waals surface area contributed by atoms with Crippen molar-refractivity contribution in [3.05, 3.63) is 0 Å². The number of thioether (sulfide) groups is 1. The number of carboxylic acids is 2. The molecule has 3 unspecified atom stereocenters. The van der Waals surface area contributed by atoms with Gasteiger partial charge < -0.3 is 36.5 Å². The van der Waals surface area contributed by atoms with Crippen LogP contribution in [0.1, 0.15) is 0 Å². The zero-order chi connectivity index (χ0) is 18.8. The van der Waals surface area contributed by atoms with Gasteiger partial charge in [-0.3, -0.25) is 9.59 Å². The van der Waals surface area contributed by atoms with E-state index in [1.165, 1.54) is 0 Å². The molecule has 0 aliphatic rings. The molecule has 0 saturated carbocycles. The van der Waals surface area contributed by atoms with Crippen molar-refractivity contribution >= 4 is 46.1 Å². The molecular formula is C11H27N3O6S3. The second-order valence-corrected chi connectivity index (χ2v) is 8.13. The quantitative estimate of drug-likeness (QED) is 0.269. The largest absolute Gasteiger partial charge is 0.617 e. The minimum absolute atomic E-state index is 0.110. The van der Waals surface area contributed by atoms with E-state index in [0.29, 0.717) is 24.6 Å². The first-order valence-electron chi connectivity index (χ1n) is 6.36. The van der Waals surface area contributed by atoms with Crippen molar-refractivity contribution in [2.24, 2.45) is 17.2 Å². The van der Waals surface area contributed by atoms with Crippen molar-refractivity contribution in [2.75, 3.05) is 48.6 Å². The van der Waals surface area contributed by atoms with Crippen LogP contribution in [-0.4, -0.2) is 85.9 Å². The molecule has 9 nitrogen and oxygen atoms in total. The Morgan fingerprint density at radius 1 is 1.09 bits per heavy atom. The molecule has 0 aromatic heterocycles. The first-order valence-corrected chi connectivity index (χ1v) is 11.0. The Kier molecular flexibility index (Phi) is 23.8. The molecule has 0 aromatic carbocycles. The van der Waals surface area contributed by atoms with Crippen molar-refractivity contribution in [2.45, 2.75) is 6.04 Å². The van der Waals surface area contributed by atoms with Gasteiger partial charge in [-0.25, -0.2) is 0 Å². The molecule has 0 radical (unpaired) electrons. The summed E-state index contributed by atoms with van der Waals surface area (Å²) in [5, 5.41) is 16.4. The Hall–Kier alpha value is -0.210. The number of aliphatic carboxylic acids is 2. The molecule has 0 saturated heterocycles. The summed E-state index contributed by atoms with van der Waals surface area (Å²) in [5.41, 5.74) is 15.2. The van der Waals surface area contributed by atoms with E-state index in [9.17, 15) is 18.7 Å². The Labute approximate surface area is 147 Å². The van der Waals surface area contributed by atoms with Crippen molar-refractivity contribution in [3.63, 3.8) is 0 Å². The summed E-state index contributed by atoms with van der Waals surface area (Å²) in [6, 6.07) is -0.973. The maximum Gasteiger partial charge on any atom is 0.321 e. The van der Waals surface area contributed by atoms with E-state index in [1.54, 1.807) is 12.5 Å². The molecule has 3 atom stereocenters. The van der Waals surface area contributed by atoms with Gasteiger partial charge in [0.2, 0.25) is 0 Å².